The highest BCUT2D eigenvalue weighted by Gasteiger charge is 2.31. The van der Waals surface area contributed by atoms with Crippen LogP contribution in [0, 0.1) is 12.8 Å². The first-order valence-electron chi connectivity index (χ1n) is 10.5. The number of rotatable bonds is 5. The number of carbonyl (C=O) groups excluding carboxylic acids is 2. The van der Waals surface area contributed by atoms with Gasteiger partial charge in [0.1, 0.15) is 5.76 Å². The third kappa shape index (κ3) is 5.00. The molecule has 0 bridgehead atoms. The summed E-state index contributed by atoms with van der Waals surface area (Å²) in [5.74, 6) is 0.655. The quantitative estimate of drug-likeness (QED) is 0.543. The number of carbonyl (C=O) groups is 2. The summed E-state index contributed by atoms with van der Waals surface area (Å²) in [7, 11) is 0. The zero-order valence-electron chi connectivity index (χ0n) is 17.5. The number of piperidine rings is 1. The van der Waals surface area contributed by atoms with Gasteiger partial charge in [0.05, 0.1) is 12.8 Å². The van der Waals surface area contributed by atoms with Crippen molar-refractivity contribution in [2.75, 3.05) is 18.0 Å². The highest BCUT2D eigenvalue weighted by molar-refractivity contribution is 6.30. The fourth-order valence-electron chi connectivity index (χ4n) is 3.90. The monoisotopic (exact) mass is 436 g/mol. The topological polar surface area (TPSA) is 53.8 Å². The van der Waals surface area contributed by atoms with E-state index >= 15 is 0 Å². The fourth-order valence-corrected chi connectivity index (χ4v) is 4.03. The molecule has 1 saturated heterocycles. The molecule has 160 valence electrons. The van der Waals surface area contributed by atoms with Crippen LogP contribution < -0.4 is 4.90 Å². The molecule has 0 unspecified atom stereocenters. The molecule has 6 heteroatoms. The predicted octanol–water partition coefficient (Wildman–Crippen LogP) is 5.33. The first-order valence-corrected chi connectivity index (χ1v) is 10.8. The first-order chi connectivity index (χ1) is 15.0. The Kier molecular flexibility index (Phi) is 6.42. The van der Waals surface area contributed by atoms with Crippen molar-refractivity contribution >= 4 is 29.1 Å². The lowest BCUT2D eigenvalue weighted by Gasteiger charge is -2.34. The molecule has 5 nitrogen and oxygen atoms in total. The largest absolute Gasteiger partial charge is 0.467 e. The summed E-state index contributed by atoms with van der Waals surface area (Å²) < 4.78 is 5.50. The average molecular weight is 437 g/mol. The number of hydrogen-bond donors (Lipinski definition) is 0. The zero-order valence-corrected chi connectivity index (χ0v) is 18.2. The lowest BCUT2D eigenvalue weighted by atomic mass is 9.94. The number of aryl methyl sites for hydroxylation is 1. The van der Waals surface area contributed by atoms with E-state index in [4.69, 9.17) is 16.0 Å². The molecular formula is C25H25ClN2O3. The van der Waals surface area contributed by atoms with Gasteiger partial charge >= 0.3 is 0 Å². The van der Waals surface area contributed by atoms with Crippen LogP contribution in [0.2, 0.25) is 5.02 Å². The van der Waals surface area contributed by atoms with Gasteiger partial charge in [-0.1, -0.05) is 29.3 Å². The van der Waals surface area contributed by atoms with Gasteiger partial charge in [0.15, 0.2) is 0 Å². The zero-order chi connectivity index (χ0) is 21.8. The highest BCUT2D eigenvalue weighted by atomic mass is 35.5. The maximum absolute atomic E-state index is 13.5. The summed E-state index contributed by atoms with van der Waals surface area (Å²) in [6.45, 7) is 3.52. The van der Waals surface area contributed by atoms with Gasteiger partial charge in [-0.2, -0.15) is 0 Å². The molecule has 2 amide bonds. The molecule has 31 heavy (non-hydrogen) atoms. The number of hydrogen-bond acceptors (Lipinski definition) is 3. The Hall–Kier alpha value is -3.05. The minimum atomic E-state index is -0.134. The van der Waals surface area contributed by atoms with Crippen LogP contribution in [-0.2, 0) is 11.3 Å². The molecule has 0 spiro atoms. The lowest BCUT2D eigenvalue weighted by molar-refractivity contribution is -0.123. The van der Waals surface area contributed by atoms with Crippen LogP contribution in [-0.4, -0.2) is 29.8 Å². The van der Waals surface area contributed by atoms with Crippen molar-refractivity contribution in [3.05, 3.63) is 88.8 Å². The van der Waals surface area contributed by atoms with E-state index in [-0.39, 0.29) is 17.7 Å². The Morgan fingerprint density at radius 1 is 1.03 bits per heavy atom. The van der Waals surface area contributed by atoms with Crippen molar-refractivity contribution in [2.45, 2.75) is 26.3 Å². The van der Waals surface area contributed by atoms with E-state index < -0.39 is 0 Å². The van der Waals surface area contributed by atoms with Crippen molar-refractivity contribution in [1.82, 2.24) is 4.90 Å². The SMILES string of the molecule is Cc1ccc(N(Cc2ccco2)C(=O)C2CCN(C(=O)c3ccc(Cl)cc3)CC2)cc1. The molecule has 1 fully saturated rings. The minimum absolute atomic E-state index is 0.0199. The summed E-state index contributed by atoms with van der Waals surface area (Å²) in [4.78, 5) is 29.8. The first kappa shape index (κ1) is 21.2. The van der Waals surface area contributed by atoms with Gasteiger partial charge in [-0.25, -0.2) is 0 Å². The van der Waals surface area contributed by atoms with Crippen LogP contribution in [0.4, 0.5) is 5.69 Å². The molecule has 1 aliphatic rings. The Bertz CT molecular complexity index is 1020. The molecular weight excluding hydrogens is 412 g/mol. The fraction of sp³-hybridized carbons (Fsp3) is 0.280. The number of furan rings is 1. The Morgan fingerprint density at radius 2 is 1.71 bits per heavy atom. The normalized spacial score (nSPS) is 14.5. The second kappa shape index (κ2) is 9.40. The van der Waals surface area contributed by atoms with E-state index in [0.717, 1.165) is 17.0 Å². The third-order valence-corrected chi connectivity index (χ3v) is 5.98. The summed E-state index contributed by atoms with van der Waals surface area (Å²) >= 11 is 5.92. The number of amides is 2. The summed E-state index contributed by atoms with van der Waals surface area (Å²) in [6.07, 6.45) is 2.89. The maximum Gasteiger partial charge on any atom is 0.253 e. The second-order valence-corrected chi connectivity index (χ2v) is 8.35. The standard InChI is InChI=1S/C25H25ClN2O3/c1-18-4-10-22(11-5-18)28(17-23-3-2-16-31-23)25(30)20-12-14-27(15-13-20)24(29)19-6-8-21(26)9-7-19/h2-11,16,20H,12-15,17H2,1H3. The van der Waals surface area contributed by atoms with Crippen molar-refractivity contribution < 1.29 is 14.0 Å². The smallest absolute Gasteiger partial charge is 0.253 e. The van der Waals surface area contributed by atoms with Crippen LogP contribution in [0.3, 0.4) is 0 Å². The summed E-state index contributed by atoms with van der Waals surface area (Å²) in [5.41, 5.74) is 2.61. The van der Waals surface area contributed by atoms with E-state index in [1.807, 2.05) is 48.2 Å². The van der Waals surface area contributed by atoms with Crippen LogP contribution in [0.25, 0.3) is 0 Å². The molecule has 0 aliphatic carbocycles. The van der Waals surface area contributed by atoms with E-state index in [2.05, 4.69) is 0 Å². The van der Waals surface area contributed by atoms with Gasteiger partial charge in [0, 0.05) is 35.3 Å². The van der Waals surface area contributed by atoms with Crippen molar-refractivity contribution in [1.29, 1.82) is 0 Å². The van der Waals surface area contributed by atoms with Gasteiger partial charge in [0.2, 0.25) is 5.91 Å². The Balaban J connectivity index is 1.45. The van der Waals surface area contributed by atoms with E-state index in [1.165, 1.54) is 0 Å². The molecule has 2 heterocycles. The number of anilines is 1. The molecule has 0 saturated carbocycles. The van der Waals surface area contributed by atoms with Crippen molar-refractivity contribution in [2.24, 2.45) is 5.92 Å². The lowest BCUT2D eigenvalue weighted by Crippen LogP contribution is -2.44. The van der Waals surface area contributed by atoms with Gasteiger partial charge in [-0.3, -0.25) is 9.59 Å². The predicted molar refractivity (Wildman–Crippen MR) is 121 cm³/mol. The summed E-state index contributed by atoms with van der Waals surface area (Å²) in [5, 5.41) is 0.605. The molecule has 0 atom stereocenters. The molecule has 3 aromatic rings. The van der Waals surface area contributed by atoms with Crippen molar-refractivity contribution in [3.63, 3.8) is 0 Å². The van der Waals surface area contributed by atoms with Crippen LogP contribution in [0.1, 0.15) is 34.5 Å². The minimum Gasteiger partial charge on any atom is -0.467 e. The molecule has 0 N–H and O–H groups in total. The third-order valence-electron chi connectivity index (χ3n) is 5.73. The average Bonchev–Trinajstić information content (AvgIpc) is 3.31. The maximum atomic E-state index is 13.5. The van der Waals surface area contributed by atoms with E-state index in [0.29, 0.717) is 43.1 Å². The van der Waals surface area contributed by atoms with E-state index in [9.17, 15) is 9.59 Å². The highest BCUT2D eigenvalue weighted by Crippen LogP contribution is 2.26. The molecule has 4 rings (SSSR count). The molecule has 2 aromatic carbocycles. The Morgan fingerprint density at radius 3 is 2.32 bits per heavy atom. The second-order valence-electron chi connectivity index (χ2n) is 7.91. The number of halogens is 1. The van der Waals surface area contributed by atoms with E-state index in [1.54, 1.807) is 35.4 Å². The van der Waals surface area contributed by atoms with Crippen molar-refractivity contribution in [3.8, 4) is 0 Å². The van der Waals surface area contributed by atoms with Gasteiger partial charge in [0.25, 0.3) is 5.91 Å². The number of benzene rings is 2. The molecule has 0 radical (unpaired) electrons. The van der Waals surface area contributed by atoms with Crippen LogP contribution >= 0.6 is 11.6 Å². The molecule has 1 aromatic heterocycles. The Labute approximate surface area is 187 Å². The van der Waals surface area contributed by atoms with Crippen LogP contribution in [0.15, 0.2) is 71.3 Å². The molecule has 1 aliphatic heterocycles. The van der Waals surface area contributed by atoms with Gasteiger partial charge in [-0.05, 0) is 68.3 Å². The number of nitrogens with zero attached hydrogens (tertiary/aromatic N) is 2. The van der Waals surface area contributed by atoms with Crippen LogP contribution in [0.5, 0.6) is 0 Å². The number of likely N-dealkylation sites (tertiary alicyclic amines) is 1. The van der Waals surface area contributed by atoms with Gasteiger partial charge in [-0.15, -0.1) is 0 Å². The summed E-state index contributed by atoms with van der Waals surface area (Å²) in [6, 6.07) is 18.6. The van der Waals surface area contributed by atoms with Gasteiger partial charge < -0.3 is 14.2 Å².